The summed E-state index contributed by atoms with van der Waals surface area (Å²) in [6.07, 6.45) is 0. The summed E-state index contributed by atoms with van der Waals surface area (Å²) >= 11 is 5.92. The maximum absolute atomic E-state index is 11.9. The van der Waals surface area contributed by atoms with Gasteiger partial charge in [0.1, 0.15) is 5.75 Å². The van der Waals surface area contributed by atoms with Crippen molar-refractivity contribution in [1.29, 1.82) is 0 Å². The first kappa shape index (κ1) is 20.5. The van der Waals surface area contributed by atoms with E-state index in [0.29, 0.717) is 16.3 Å². The molecule has 0 saturated carbocycles. The molecule has 0 radical (unpaired) electrons. The fourth-order valence-electron chi connectivity index (χ4n) is 2.26. The summed E-state index contributed by atoms with van der Waals surface area (Å²) in [7, 11) is 0. The predicted molar refractivity (Wildman–Crippen MR) is 101 cm³/mol. The van der Waals surface area contributed by atoms with Gasteiger partial charge in [-0.05, 0) is 55.8 Å². The highest BCUT2D eigenvalue weighted by molar-refractivity contribution is 6.30. The Kier molecular flexibility index (Phi) is 7.37. The van der Waals surface area contributed by atoms with Crippen molar-refractivity contribution in [2.75, 3.05) is 13.2 Å². The molecule has 1 amide bonds. The number of amides is 1. The largest absolute Gasteiger partial charge is 0.482 e. The molecule has 0 aliphatic carbocycles. The van der Waals surface area contributed by atoms with E-state index in [0.717, 1.165) is 5.56 Å². The van der Waals surface area contributed by atoms with Crippen LogP contribution in [0.15, 0.2) is 48.5 Å². The average molecular weight is 390 g/mol. The lowest BCUT2D eigenvalue weighted by atomic mass is 10.1. The third-order valence-corrected chi connectivity index (χ3v) is 3.94. The molecule has 7 heteroatoms. The third kappa shape index (κ3) is 6.75. The number of nitrogens with one attached hydrogen (secondary N) is 1. The SMILES string of the molecule is CC(=O)c1ccc(OCC(=O)OCC(=O)N[C@H](C)c2cccc(Cl)c2)cc1. The number of hydrogen-bond acceptors (Lipinski definition) is 5. The summed E-state index contributed by atoms with van der Waals surface area (Å²) in [5.74, 6) is -0.729. The van der Waals surface area contributed by atoms with Crippen LogP contribution in [-0.2, 0) is 14.3 Å². The summed E-state index contributed by atoms with van der Waals surface area (Å²) in [5.41, 5.74) is 1.40. The second-order valence-electron chi connectivity index (χ2n) is 5.87. The van der Waals surface area contributed by atoms with Crippen molar-refractivity contribution in [2.24, 2.45) is 0 Å². The first-order chi connectivity index (χ1) is 12.8. The Hall–Kier alpha value is -2.86. The van der Waals surface area contributed by atoms with Gasteiger partial charge in [-0.1, -0.05) is 23.7 Å². The number of Topliss-reactive ketones (excluding diaryl/α,β-unsaturated/α-hetero) is 1. The number of esters is 1. The van der Waals surface area contributed by atoms with E-state index in [4.69, 9.17) is 21.1 Å². The lowest BCUT2D eigenvalue weighted by Gasteiger charge is -2.14. The zero-order valence-electron chi connectivity index (χ0n) is 15.0. The van der Waals surface area contributed by atoms with Gasteiger partial charge in [0.15, 0.2) is 19.0 Å². The van der Waals surface area contributed by atoms with Crippen LogP contribution in [-0.4, -0.2) is 30.9 Å². The van der Waals surface area contributed by atoms with Gasteiger partial charge in [0.2, 0.25) is 0 Å². The van der Waals surface area contributed by atoms with E-state index in [-0.39, 0.29) is 18.4 Å². The molecule has 142 valence electrons. The molecule has 0 heterocycles. The highest BCUT2D eigenvalue weighted by Crippen LogP contribution is 2.17. The normalized spacial score (nSPS) is 11.4. The van der Waals surface area contributed by atoms with Crippen molar-refractivity contribution >= 4 is 29.3 Å². The van der Waals surface area contributed by atoms with Crippen molar-refractivity contribution < 1.29 is 23.9 Å². The number of rotatable bonds is 8. The molecule has 0 bridgehead atoms. The van der Waals surface area contributed by atoms with E-state index < -0.39 is 18.5 Å². The third-order valence-electron chi connectivity index (χ3n) is 3.71. The molecule has 1 atom stereocenters. The maximum Gasteiger partial charge on any atom is 0.344 e. The summed E-state index contributed by atoms with van der Waals surface area (Å²) in [6, 6.07) is 13.2. The standard InChI is InChI=1S/C20H20ClNO5/c1-13(16-4-3-5-17(21)10-16)22-19(24)11-27-20(25)12-26-18-8-6-15(7-9-18)14(2)23/h3-10,13H,11-12H2,1-2H3,(H,22,24)/t13-/m1/s1. The Morgan fingerprint density at radius 2 is 1.78 bits per heavy atom. The molecule has 2 aromatic rings. The molecule has 0 saturated heterocycles. The van der Waals surface area contributed by atoms with E-state index in [1.54, 1.807) is 49.4 Å². The van der Waals surface area contributed by atoms with Gasteiger partial charge in [0, 0.05) is 10.6 Å². The smallest absolute Gasteiger partial charge is 0.344 e. The van der Waals surface area contributed by atoms with E-state index >= 15 is 0 Å². The van der Waals surface area contributed by atoms with E-state index in [2.05, 4.69) is 5.32 Å². The van der Waals surface area contributed by atoms with Crippen molar-refractivity contribution in [1.82, 2.24) is 5.32 Å². The van der Waals surface area contributed by atoms with E-state index in [9.17, 15) is 14.4 Å². The minimum Gasteiger partial charge on any atom is -0.482 e. The Morgan fingerprint density at radius 1 is 1.07 bits per heavy atom. The molecule has 27 heavy (non-hydrogen) atoms. The van der Waals surface area contributed by atoms with Crippen LogP contribution in [0.25, 0.3) is 0 Å². The second kappa shape index (κ2) is 9.73. The summed E-state index contributed by atoms with van der Waals surface area (Å²) < 4.78 is 10.2. The zero-order chi connectivity index (χ0) is 19.8. The minimum absolute atomic E-state index is 0.0565. The van der Waals surface area contributed by atoms with Gasteiger partial charge in [-0.15, -0.1) is 0 Å². The molecule has 0 aliphatic heterocycles. The Balaban J connectivity index is 1.73. The molecule has 2 aromatic carbocycles. The number of ether oxygens (including phenoxy) is 2. The zero-order valence-corrected chi connectivity index (χ0v) is 15.8. The van der Waals surface area contributed by atoms with Gasteiger partial charge in [0.25, 0.3) is 5.91 Å². The number of benzene rings is 2. The number of carbonyl (C=O) groups excluding carboxylic acids is 3. The molecule has 0 fully saturated rings. The van der Waals surface area contributed by atoms with Crippen LogP contribution < -0.4 is 10.1 Å². The first-order valence-electron chi connectivity index (χ1n) is 8.29. The van der Waals surface area contributed by atoms with E-state index in [1.807, 2.05) is 6.07 Å². The lowest BCUT2D eigenvalue weighted by Crippen LogP contribution is -2.31. The molecule has 2 rings (SSSR count). The van der Waals surface area contributed by atoms with Gasteiger partial charge in [-0.3, -0.25) is 9.59 Å². The van der Waals surface area contributed by atoms with Gasteiger partial charge >= 0.3 is 5.97 Å². The fraction of sp³-hybridized carbons (Fsp3) is 0.250. The second-order valence-corrected chi connectivity index (χ2v) is 6.31. The summed E-state index contributed by atoms with van der Waals surface area (Å²) in [6.45, 7) is 2.53. The molecule has 0 aromatic heterocycles. The monoisotopic (exact) mass is 389 g/mol. The van der Waals surface area contributed by atoms with Crippen LogP contribution in [0.3, 0.4) is 0 Å². The molecular formula is C20H20ClNO5. The first-order valence-corrected chi connectivity index (χ1v) is 8.67. The molecular weight excluding hydrogens is 370 g/mol. The van der Waals surface area contributed by atoms with Crippen LogP contribution in [0.2, 0.25) is 5.02 Å². The van der Waals surface area contributed by atoms with Gasteiger partial charge < -0.3 is 14.8 Å². The number of carbonyl (C=O) groups is 3. The van der Waals surface area contributed by atoms with Crippen LogP contribution >= 0.6 is 11.6 Å². The Labute approximate surface area is 162 Å². The topological polar surface area (TPSA) is 81.7 Å². The number of ketones is 1. The molecule has 0 aliphatic rings. The number of halogens is 1. The van der Waals surface area contributed by atoms with Crippen LogP contribution in [0.1, 0.15) is 35.8 Å². The van der Waals surface area contributed by atoms with Crippen molar-refractivity contribution in [2.45, 2.75) is 19.9 Å². The van der Waals surface area contributed by atoms with Gasteiger partial charge in [-0.2, -0.15) is 0 Å². The van der Waals surface area contributed by atoms with Crippen LogP contribution in [0, 0.1) is 0 Å². The van der Waals surface area contributed by atoms with E-state index in [1.165, 1.54) is 6.92 Å². The predicted octanol–water partition coefficient (Wildman–Crippen LogP) is 3.34. The molecule has 0 unspecified atom stereocenters. The van der Waals surface area contributed by atoms with Gasteiger partial charge in [-0.25, -0.2) is 4.79 Å². The highest BCUT2D eigenvalue weighted by Gasteiger charge is 2.13. The Bertz CT molecular complexity index is 819. The molecule has 1 N–H and O–H groups in total. The fourth-order valence-corrected chi connectivity index (χ4v) is 2.46. The van der Waals surface area contributed by atoms with Crippen molar-refractivity contribution in [3.63, 3.8) is 0 Å². The quantitative estimate of drug-likeness (QED) is 0.553. The molecule has 0 spiro atoms. The summed E-state index contributed by atoms with van der Waals surface area (Å²) in [4.78, 5) is 34.8. The van der Waals surface area contributed by atoms with Crippen molar-refractivity contribution in [3.05, 3.63) is 64.7 Å². The minimum atomic E-state index is -0.670. The van der Waals surface area contributed by atoms with Crippen LogP contribution in [0.5, 0.6) is 5.75 Å². The van der Waals surface area contributed by atoms with Crippen LogP contribution in [0.4, 0.5) is 0 Å². The lowest BCUT2D eigenvalue weighted by molar-refractivity contribution is -0.150. The Morgan fingerprint density at radius 3 is 2.41 bits per heavy atom. The summed E-state index contributed by atoms with van der Waals surface area (Å²) in [5, 5.41) is 3.30. The van der Waals surface area contributed by atoms with Gasteiger partial charge in [0.05, 0.1) is 6.04 Å². The average Bonchev–Trinajstić information content (AvgIpc) is 2.65. The van der Waals surface area contributed by atoms with Crippen molar-refractivity contribution in [3.8, 4) is 5.75 Å². The number of hydrogen-bond donors (Lipinski definition) is 1. The molecule has 6 nitrogen and oxygen atoms in total. The maximum atomic E-state index is 11.9. The highest BCUT2D eigenvalue weighted by atomic mass is 35.5.